The Labute approximate surface area is 124 Å². The van der Waals surface area contributed by atoms with Gasteiger partial charge >= 0.3 is 6.03 Å². The molecule has 0 saturated carbocycles. The lowest BCUT2D eigenvalue weighted by Gasteiger charge is -2.32. The summed E-state index contributed by atoms with van der Waals surface area (Å²) in [6, 6.07) is -0.761. The predicted octanol–water partition coefficient (Wildman–Crippen LogP) is -1.66. The van der Waals surface area contributed by atoms with Gasteiger partial charge in [0, 0.05) is 33.2 Å². The molecule has 1 unspecified atom stereocenters. The van der Waals surface area contributed by atoms with Crippen molar-refractivity contribution in [2.45, 2.75) is 18.9 Å². The van der Waals surface area contributed by atoms with Gasteiger partial charge in [-0.15, -0.1) is 0 Å². The smallest absolute Gasteiger partial charge is 0.321 e. The predicted molar refractivity (Wildman–Crippen MR) is 76.6 cm³/mol. The molecule has 8 heteroatoms. The Morgan fingerprint density at radius 2 is 1.90 bits per heavy atom. The van der Waals surface area contributed by atoms with Crippen LogP contribution in [-0.2, 0) is 9.59 Å². The Morgan fingerprint density at radius 3 is 2.57 bits per heavy atom. The lowest BCUT2D eigenvalue weighted by atomic mass is 10.1. The lowest BCUT2D eigenvalue weighted by molar-refractivity contribution is -0.137. The van der Waals surface area contributed by atoms with Gasteiger partial charge in [0.15, 0.2) is 0 Å². The summed E-state index contributed by atoms with van der Waals surface area (Å²) >= 11 is 0. The van der Waals surface area contributed by atoms with Gasteiger partial charge in [0.1, 0.15) is 0 Å². The Bertz CT molecular complexity index is 409. The van der Waals surface area contributed by atoms with Crippen molar-refractivity contribution in [2.24, 2.45) is 0 Å². The highest BCUT2D eigenvalue weighted by molar-refractivity contribution is 5.95. The maximum absolute atomic E-state index is 12.5. The fraction of sp³-hybridized carbons (Fsp3) is 0.769. The van der Waals surface area contributed by atoms with Gasteiger partial charge < -0.3 is 15.5 Å². The number of nitrogens with one attached hydrogen (secondary N) is 3. The van der Waals surface area contributed by atoms with E-state index in [4.69, 9.17) is 0 Å². The van der Waals surface area contributed by atoms with Crippen LogP contribution in [0.3, 0.4) is 0 Å². The molecule has 2 aliphatic rings. The minimum Gasteiger partial charge on any atom is -0.341 e. The van der Waals surface area contributed by atoms with Gasteiger partial charge in [-0.25, -0.2) is 4.79 Å². The molecular formula is C13H23N5O3. The zero-order chi connectivity index (χ0) is 15.2. The van der Waals surface area contributed by atoms with Crippen LogP contribution in [0.4, 0.5) is 4.79 Å². The number of carbonyl (C=O) groups excluding carboxylic acids is 3. The third-order valence-electron chi connectivity index (χ3n) is 3.90. The summed E-state index contributed by atoms with van der Waals surface area (Å²) < 4.78 is 0. The molecule has 0 aromatic heterocycles. The topological polar surface area (TPSA) is 93.8 Å². The summed E-state index contributed by atoms with van der Waals surface area (Å²) in [6.07, 6.45) is 1.67. The number of piperazine rings is 1. The molecule has 2 heterocycles. The molecule has 2 aliphatic heterocycles. The minimum absolute atomic E-state index is 0.0793. The van der Waals surface area contributed by atoms with E-state index in [1.54, 1.807) is 0 Å². The molecule has 0 bridgehead atoms. The number of nitrogens with zero attached hydrogens (tertiary/aromatic N) is 2. The highest BCUT2D eigenvalue weighted by Crippen LogP contribution is 2.19. The number of hydrogen-bond donors (Lipinski definition) is 3. The maximum atomic E-state index is 12.5. The van der Waals surface area contributed by atoms with E-state index in [0.29, 0.717) is 19.6 Å². The van der Waals surface area contributed by atoms with E-state index in [2.05, 4.69) is 16.0 Å². The summed E-state index contributed by atoms with van der Waals surface area (Å²) in [6.45, 7) is 3.85. The van der Waals surface area contributed by atoms with E-state index in [1.165, 1.54) is 7.05 Å². The first-order chi connectivity index (χ1) is 10.1. The molecule has 0 aromatic carbocycles. The van der Waals surface area contributed by atoms with Crippen molar-refractivity contribution in [2.75, 3.05) is 46.3 Å². The van der Waals surface area contributed by atoms with Crippen molar-refractivity contribution in [1.29, 1.82) is 0 Å². The second-order valence-corrected chi connectivity index (χ2v) is 5.33. The van der Waals surface area contributed by atoms with Crippen LogP contribution in [0.15, 0.2) is 0 Å². The number of imide groups is 1. The third-order valence-corrected chi connectivity index (χ3v) is 3.90. The average molecular weight is 297 g/mol. The molecule has 4 amide bonds. The number of amides is 4. The number of urea groups is 1. The Balaban J connectivity index is 1.88. The van der Waals surface area contributed by atoms with E-state index in [0.717, 1.165) is 25.9 Å². The summed E-state index contributed by atoms with van der Waals surface area (Å²) in [5.41, 5.74) is 0. The third kappa shape index (κ3) is 4.15. The maximum Gasteiger partial charge on any atom is 0.321 e. The molecule has 2 rings (SSSR count). The normalized spacial score (nSPS) is 22.9. The van der Waals surface area contributed by atoms with Crippen molar-refractivity contribution in [1.82, 2.24) is 25.8 Å². The summed E-state index contributed by atoms with van der Waals surface area (Å²) in [7, 11) is 1.45. The van der Waals surface area contributed by atoms with Gasteiger partial charge in [-0.05, 0) is 19.4 Å². The van der Waals surface area contributed by atoms with Crippen LogP contribution >= 0.6 is 0 Å². The number of likely N-dealkylation sites (tertiary alicyclic amines) is 1. The van der Waals surface area contributed by atoms with Gasteiger partial charge in [-0.3, -0.25) is 19.8 Å². The molecule has 8 nitrogen and oxygen atoms in total. The largest absolute Gasteiger partial charge is 0.341 e. The summed E-state index contributed by atoms with van der Waals surface area (Å²) in [5, 5.41) is 7.78. The van der Waals surface area contributed by atoms with Crippen molar-refractivity contribution < 1.29 is 14.4 Å². The minimum atomic E-state index is -0.524. The number of hydrogen-bond acceptors (Lipinski definition) is 5. The molecule has 118 valence electrons. The highest BCUT2D eigenvalue weighted by Gasteiger charge is 2.35. The van der Waals surface area contributed by atoms with Crippen LogP contribution in [0.1, 0.15) is 12.8 Å². The average Bonchev–Trinajstić information content (AvgIpc) is 2.95. The quantitative estimate of drug-likeness (QED) is 0.580. The second-order valence-electron chi connectivity index (χ2n) is 5.33. The molecule has 3 N–H and O–H groups in total. The van der Waals surface area contributed by atoms with Gasteiger partial charge in [-0.1, -0.05) is 0 Å². The van der Waals surface area contributed by atoms with Gasteiger partial charge in [0.25, 0.3) is 0 Å². The van der Waals surface area contributed by atoms with Crippen LogP contribution in [-0.4, -0.2) is 80.0 Å². The molecule has 1 atom stereocenters. The van der Waals surface area contributed by atoms with Crippen molar-refractivity contribution in [3.8, 4) is 0 Å². The highest BCUT2D eigenvalue weighted by atomic mass is 16.2. The molecule has 0 spiro atoms. The van der Waals surface area contributed by atoms with Crippen LogP contribution in [0, 0.1) is 0 Å². The van der Waals surface area contributed by atoms with Crippen LogP contribution in [0.25, 0.3) is 0 Å². The molecule has 0 aromatic rings. The number of rotatable bonds is 3. The van der Waals surface area contributed by atoms with E-state index >= 15 is 0 Å². The first-order valence-electron chi connectivity index (χ1n) is 7.37. The van der Waals surface area contributed by atoms with Crippen LogP contribution in [0.2, 0.25) is 0 Å². The molecule has 21 heavy (non-hydrogen) atoms. The molecular weight excluding hydrogens is 274 g/mol. The Morgan fingerprint density at radius 1 is 1.19 bits per heavy atom. The first-order valence-corrected chi connectivity index (χ1v) is 7.37. The Kier molecular flexibility index (Phi) is 5.51. The standard InChI is InChI=1S/C13H23N5O3/c1-14-13(21)16-11(19)9-18-6-2-3-10(18)12(20)17-7-4-15-5-8-17/h10,15H,2-9H2,1H3,(H2,14,16,19,21). The molecule has 0 radical (unpaired) electrons. The van der Waals surface area contributed by atoms with E-state index in [1.807, 2.05) is 9.80 Å². The Hall–Kier alpha value is -1.67. The van der Waals surface area contributed by atoms with Crippen molar-refractivity contribution in [3.63, 3.8) is 0 Å². The fourth-order valence-corrected chi connectivity index (χ4v) is 2.80. The zero-order valence-corrected chi connectivity index (χ0v) is 12.4. The van der Waals surface area contributed by atoms with E-state index in [-0.39, 0.29) is 24.4 Å². The van der Waals surface area contributed by atoms with Gasteiger partial charge in [0.05, 0.1) is 12.6 Å². The second kappa shape index (κ2) is 7.37. The summed E-state index contributed by atoms with van der Waals surface area (Å²) in [5.74, 6) is -0.281. The molecule has 2 saturated heterocycles. The van der Waals surface area contributed by atoms with E-state index < -0.39 is 6.03 Å². The van der Waals surface area contributed by atoms with Crippen molar-refractivity contribution in [3.05, 3.63) is 0 Å². The fourth-order valence-electron chi connectivity index (χ4n) is 2.80. The van der Waals surface area contributed by atoms with Gasteiger partial charge in [-0.2, -0.15) is 0 Å². The SMILES string of the molecule is CNC(=O)NC(=O)CN1CCCC1C(=O)N1CCNCC1. The summed E-state index contributed by atoms with van der Waals surface area (Å²) in [4.78, 5) is 39.1. The number of carbonyl (C=O) groups is 3. The lowest BCUT2D eigenvalue weighted by Crippen LogP contribution is -2.54. The van der Waals surface area contributed by atoms with Gasteiger partial charge in [0.2, 0.25) is 11.8 Å². The van der Waals surface area contributed by atoms with Crippen molar-refractivity contribution >= 4 is 17.8 Å². The zero-order valence-electron chi connectivity index (χ0n) is 12.4. The molecule has 0 aliphatic carbocycles. The van der Waals surface area contributed by atoms with E-state index in [9.17, 15) is 14.4 Å². The molecule has 2 fully saturated rings. The first kappa shape index (κ1) is 15.7. The van der Waals surface area contributed by atoms with Crippen LogP contribution < -0.4 is 16.0 Å². The monoisotopic (exact) mass is 297 g/mol. The van der Waals surface area contributed by atoms with Crippen LogP contribution in [0.5, 0.6) is 0 Å².